The standard InChI is InChI=1S/C23H20N2/c1-3-5-12-18(4-2)21-17-22(19-13-8-6-9-14-19)25-23(24-21)20-15-10-7-11-16-20/h3-17H,2H2,1H3/b5-3-,18-12+. The fourth-order valence-corrected chi connectivity index (χ4v) is 2.53. The van der Waals surface area contributed by atoms with Gasteiger partial charge in [0.25, 0.3) is 0 Å². The van der Waals surface area contributed by atoms with Gasteiger partial charge in [0.2, 0.25) is 0 Å². The number of hydrogen-bond donors (Lipinski definition) is 0. The predicted molar refractivity (Wildman–Crippen MR) is 106 cm³/mol. The summed E-state index contributed by atoms with van der Waals surface area (Å²) in [5.74, 6) is 0.713. The zero-order chi connectivity index (χ0) is 17.5. The van der Waals surface area contributed by atoms with Gasteiger partial charge in [-0.1, -0.05) is 91.5 Å². The highest BCUT2D eigenvalue weighted by Crippen LogP contribution is 2.25. The summed E-state index contributed by atoms with van der Waals surface area (Å²) in [4.78, 5) is 9.55. The minimum absolute atomic E-state index is 0.713. The van der Waals surface area contributed by atoms with Gasteiger partial charge in [0.1, 0.15) is 0 Å². The molecule has 0 saturated carbocycles. The van der Waals surface area contributed by atoms with E-state index in [0.29, 0.717) is 5.82 Å². The summed E-state index contributed by atoms with van der Waals surface area (Å²) in [5.41, 5.74) is 4.79. The number of nitrogens with zero attached hydrogens (tertiary/aromatic N) is 2. The molecule has 0 saturated heterocycles. The van der Waals surface area contributed by atoms with Crippen molar-refractivity contribution in [3.63, 3.8) is 0 Å². The SMILES string of the molecule is C=C/C(=C\C=C/C)c1cc(-c2ccccc2)nc(-c2ccccc2)n1. The van der Waals surface area contributed by atoms with Gasteiger partial charge in [-0.25, -0.2) is 9.97 Å². The zero-order valence-corrected chi connectivity index (χ0v) is 14.3. The largest absolute Gasteiger partial charge is 0.228 e. The molecule has 0 aliphatic carbocycles. The fourth-order valence-electron chi connectivity index (χ4n) is 2.53. The Balaban J connectivity index is 2.20. The van der Waals surface area contributed by atoms with Crippen LogP contribution in [0.25, 0.3) is 28.2 Å². The van der Waals surface area contributed by atoms with Crippen LogP contribution in [0.15, 0.2) is 97.6 Å². The van der Waals surface area contributed by atoms with Crippen molar-refractivity contribution in [2.75, 3.05) is 0 Å². The van der Waals surface area contributed by atoms with Crippen LogP contribution in [0.4, 0.5) is 0 Å². The molecule has 0 fully saturated rings. The van der Waals surface area contributed by atoms with Crippen LogP contribution < -0.4 is 0 Å². The summed E-state index contributed by atoms with van der Waals surface area (Å²) >= 11 is 0. The van der Waals surface area contributed by atoms with Gasteiger partial charge in [-0.3, -0.25) is 0 Å². The number of hydrogen-bond acceptors (Lipinski definition) is 2. The average molecular weight is 324 g/mol. The van der Waals surface area contributed by atoms with Crippen LogP contribution in [0.3, 0.4) is 0 Å². The van der Waals surface area contributed by atoms with Crippen molar-refractivity contribution in [3.05, 3.63) is 103 Å². The van der Waals surface area contributed by atoms with E-state index in [9.17, 15) is 0 Å². The van der Waals surface area contributed by atoms with Gasteiger partial charge in [0.15, 0.2) is 5.82 Å². The maximum Gasteiger partial charge on any atom is 0.160 e. The van der Waals surface area contributed by atoms with Crippen LogP contribution in [-0.2, 0) is 0 Å². The highest BCUT2D eigenvalue weighted by atomic mass is 14.9. The molecule has 0 amide bonds. The maximum absolute atomic E-state index is 4.78. The first kappa shape index (κ1) is 16.6. The normalized spacial score (nSPS) is 11.6. The minimum Gasteiger partial charge on any atom is -0.228 e. The number of benzene rings is 2. The van der Waals surface area contributed by atoms with Crippen molar-refractivity contribution in [1.82, 2.24) is 9.97 Å². The second-order valence-electron chi connectivity index (χ2n) is 5.55. The van der Waals surface area contributed by atoms with Crippen LogP contribution >= 0.6 is 0 Å². The van der Waals surface area contributed by atoms with Crippen LogP contribution in [0.1, 0.15) is 12.6 Å². The molecule has 0 N–H and O–H groups in total. The summed E-state index contributed by atoms with van der Waals surface area (Å²) < 4.78 is 0. The zero-order valence-electron chi connectivity index (χ0n) is 14.3. The average Bonchev–Trinajstić information content (AvgIpc) is 2.70. The Labute approximate surface area is 148 Å². The molecule has 1 aromatic heterocycles. The molecule has 0 radical (unpaired) electrons. The molecule has 2 aromatic carbocycles. The van der Waals surface area contributed by atoms with Gasteiger partial charge in [-0.2, -0.15) is 0 Å². The molecule has 1 heterocycles. The topological polar surface area (TPSA) is 25.8 Å². The van der Waals surface area contributed by atoms with Gasteiger partial charge in [0.05, 0.1) is 11.4 Å². The first-order valence-electron chi connectivity index (χ1n) is 8.27. The number of rotatable bonds is 5. The molecule has 0 aliphatic rings. The Morgan fingerprint density at radius 2 is 1.52 bits per heavy atom. The maximum atomic E-state index is 4.78. The smallest absolute Gasteiger partial charge is 0.160 e. The molecular formula is C23H20N2. The lowest BCUT2D eigenvalue weighted by molar-refractivity contribution is 1.16. The summed E-state index contributed by atoms with van der Waals surface area (Å²) in [7, 11) is 0. The highest BCUT2D eigenvalue weighted by Gasteiger charge is 2.10. The van der Waals surface area contributed by atoms with E-state index in [1.807, 2.05) is 85.8 Å². The molecule has 2 heteroatoms. The lowest BCUT2D eigenvalue weighted by Gasteiger charge is -2.09. The monoisotopic (exact) mass is 324 g/mol. The van der Waals surface area contributed by atoms with Crippen LogP contribution in [0.5, 0.6) is 0 Å². The summed E-state index contributed by atoms with van der Waals surface area (Å²) in [6.07, 6.45) is 7.81. The van der Waals surface area contributed by atoms with Gasteiger partial charge in [-0.15, -0.1) is 0 Å². The third-order valence-electron chi connectivity index (χ3n) is 3.81. The summed E-state index contributed by atoms with van der Waals surface area (Å²) in [6, 6.07) is 22.2. The van der Waals surface area contributed by atoms with Crippen molar-refractivity contribution >= 4 is 5.57 Å². The molecule has 0 atom stereocenters. The molecule has 25 heavy (non-hydrogen) atoms. The van der Waals surface area contributed by atoms with Crippen molar-refractivity contribution in [3.8, 4) is 22.6 Å². The molecule has 0 aliphatic heterocycles. The Hall–Kier alpha value is -3.26. The Kier molecular flexibility index (Phi) is 5.32. The van der Waals surface area contributed by atoms with E-state index in [1.54, 1.807) is 0 Å². The van der Waals surface area contributed by atoms with E-state index in [0.717, 1.165) is 28.1 Å². The van der Waals surface area contributed by atoms with Crippen LogP contribution in [-0.4, -0.2) is 9.97 Å². The lowest BCUT2D eigenvalue weighted by atomic mass is 10.1. The summed E-state index contributed by atoms with van der Waals surface area (Å²) in [6.45, 7) is 5.92. The first-order chi connectivity index (χ1) is 12.3. The number of allylic oxidation sites excluding steroid dienone is 5. The summed E-state index contributed by atoms with van der Waals surface area (Å²) in [5, 5.41) is 0. The molecule has 122 valence electrons. The highest BCUT2D eigenvalue weighted by molar-refractivity contribution is 5.76. The van der Waals surface area contributed by atoms with Crippen LogP contribution in [0.2, 0.25) is 0 Å². The molecule has 3 rings (SSSR count). The molecule has 0 spiro atoms. The van der Waals surface area contributed by atoms with Crippen molar-refractivity contribution in [2.24, 2.45) is 0 Å². The Morgan fingerprint density at radius 3 is 2.12 bits per heavy atom. The molecule has 3 aromatic rings. The third kappa shape index (κ3) is 3.99. The second kappa shape index (κ2) is 8.02. The van der Waals surface area contributed by atoms with E-state index in [-0.39, 0.29) is 0 Å². The van der Waals surface area contributed by atoms with E-state index in [2.05, 4.69) is 18.7 Å². The van der Waals surface area contributed by atoms with Crippen molar-refractivity contribution in [2.45, 2.75) is 6.92 Å². The van der Waals surface area contributed by atoms with Crippen molar-refractivity contribution in [1.29, 1.82) is 0 Å². The molecule has 0 unspecified atom stereocenters. The minimum atomic E-state index is 0.713. The van der Waals surface area contributed by atoms with E-state index in [1.165, 1.54) is 0 Å². The second-order valence-corrected chi connectivity index (χ2v) is 5.55. The molecule has 0 bridgehead atoms. The van der Waals surface area contributed by atoms with Gasteiger partial charge in [-0.05, 0) is 18.6 Å². The van der Waals surface area contributed by atoms with E-state index in [4.69, 9.17) is 9.97 Å². The molecular weight excluding hydrogens is 304 g/mol. The van der Waals surface area contributed by atoms with Gasteiger partial charge in [0, 0.05) is 11.1 Å². The van der Waals surface area contributed by atoms with E-state index < -0.39 is 0 Å². The number of aromatic nitrogens is 2. The van der Waals surface area contributed by atoms with Gasteiger partial charge < -0.3 is 0 Å². The molecule has 2 nitrogen and oxygen atoms in total. The lowest BCUT2D eigenvalue weighted by Crippen LogP contribution is -1.97. The predicted octanol–water partition coefficient (Wildman–Crippen LogP) is 5.96. The quantitative estimate of drug-likeness (QED) is 0.541. The third-order valence-corrected chi connectivity index (χ3v) is 3.81. The van der Waals surface area contributed by atoms with Crippen molar-refractivity contribution < 1.29 is 0 Å². The van der Waals surface area contributed by atoms with E-state index >= 15 is 0 Å². The van der Waals surface area contributed by atoms with Gasteiger partial charge >= 0.3 is 0 Å². The van der Waals surface area contributed by atoms with Crippen LogP contribution in [0, 0.1) is 0 Å². The fraction of sp³-hybridized carbons (Fsp3) is 0.0435. The Morgan fingerprint density at radius 1 is 0.880 bits per heavy atom. The Bertz CT molecular complexity index is 850. The first-order valence-corrected chi connectivity index (χ1v) is 8.27.